The molecule has 0 aliphatic carbocycles. The third kappa shape index (κ3) is 3.66. The zero-order chi connectivity index (χ0) is 16.1. The van der Waals surface area contributed by atoms with Crippen LogP contribution in [0.2, 0.25) is 0 Å². The van der Waals surface area contributed by atoms with Crippen LogP contribution in [-0.2, 0) is 13.0 Å². The number of ether oxygens (including phenoxy) is 2. The lowest BCUT2D eigenvalue weighted by atomic mass is 10.1. The van der Waals surface area contributed by atoms with Crippen molar-refractivity contribution in [2.24, 2.45) is 0 Å². The van der Waals surface area contributed by atoms with Gasteiger partial charge in [0.1, 0.15) is 11.5 Å². The van der Waals surface area contributed by atoms with Crippen molar-refractivity contribution in [3.63, 3.8) is 0 Å². The third-order valence-electron chi connectivity index (χ3n) is 3.62. The zero-order valence-corrected chi connectivity index (χ0v) is 13.1. The number of methoxy groups -OCH3 is 2. The van der Waals surface area contributed by atoms with Crippen LogP contribution in [0.3, 0.4) is 0 Å². The summed E-state index contributed by atoms with van der Waals surface area (Å²) in [5.41, 5.74) is 2.26. The highest BCUT2D eigenvalue weighted by molar-refractivity contribution is 5.29. The van der Waals surface area contributed by atoms with E-state index in [-0.39, 0.29) is 0 Å². The highest BCUT2D eigenvalue weighted by Crippen LogP contribution is 2.15. The van der Waals surface area contributed by atoms with Crippen molar-refractivity contribution < 1.29 is 9.47 Å². The predicted molar refractivity (Wildman–Crippen MR) is 85.7 cm³/mol. The van der Waals surface area contributed by atoms with Crippen LogP contribution in [-0.4, -0.2) is 34.4 Å². The molecular formula is C17H18N4O2. The fraction of sp³-hybridized carbons (Fsp3) is 0.235. The topological polar surface area (TPSA) is 62.1 Å². The normalized spacial score (nSPS) is 10.5. The number of hydrogen-bond acceptors (Lipinski definition) is 5. The summed E-state index contributed by atoms with van der Waals surface area (Å²) < 4.78 is 12.2. The molecule has 118 valence electrons. The lowest BCUT2D eigenvalue weighted by molar-refractivity contribution is 0.414. The van der Waals surface area contributed by atoms with Gasteiger partial charge in [-0.3, -0.25) is 0 Å². The van der Waals surface area contributed by atoms with E-state index in [9.17, 15) is 0 Å². The maximum absolute atomic E-state index is 5.17. The van der Waals surface area contributed by atoms with Crippen molar-refractivity contribution in [2.75, 3.05) is 14.2 Å². The van der Waals surface area contributed by atoms with Crippen molar-refractivity contribution in [1.29, 1.82) is 0 Å². The van der Waals surface area contributed by atoms with Gasteiger partial charge in [-0.1, -0.05) is 24.3 Å². The van der Waals surface area contributed by atoms with E-state index < -0.39 is 0 Å². The Kier molecular flexibility index (Phi) is 4.52. The van der Waals surface area contributed by atoms with Crippen LogP contribution < -0.4 is 9.47 Å². The largest absolute Gasteiger partial charge is 0.497 e. The Labute approximate surface area is 134 Å². The molecule has 0 saturated heterocycles. The van der Waals surface area contributed by atoms with E-state index in [4.69, 9.17) is 9.47 Å². The molecule has 6 heteroatoms. The molecule has 0 atom stereocenters. The Morgan fingerprint density at radius 1 is 0.826 bits per heavy atom. The predicted octanol–water partition coefficient (Wildman–Crippen LogP) is 2.33. The number of aromatic nitrogens is 4. The van der Waals surface area contributed by atoms with Crippen LogP contribution in [0.15, 0.2) is 48.5 Å². The van der Waals surface area contributed by atoms with E-state index in [2.05, 4.69) is 15.5 Å². The number of tetrazole rings is 1. The van der Waals surface area contributed by atoms with Crippen LogP contribution in [0.1, 0.15) is 17.0 Å². The second-order valence-corrected chi connectivity index (χ2v) is 5.13. The molecule has 23 heavy (non-hydrogen) atoms. The Bertz CT molecular complexity index is 687. The van der Waals surface area contributed by atoms with E-state index >= 15 is 0 Å². The van der Waals surface area contributed by atoms with Crippen LogP contribution in [0.25, 0.3) is 0 Å². The second-order valence-electron chi connectivity index (χ2n) is 5.13. The van der Waals surface area contributed by atoms with Gasteiger partial charge in [0.05, 0.1) is 20.8 Å². The molecule has 0 N–H and O–H groups in total. The summed E-state index contributed by atoms with van der Waals surface area (Å²) >= 11 is 0. The van der Waals surface area contributed by atoms with Gasteiger partial charge in [-0.25, -0.2) is 4.68 Å². The Balaban J connectivity index is 1.73. The van der Waals surface area contributed by atoms with E-state index in [0.717, 1.165) is 28.5 Å². The highest BCUT2D eigenvalue weighted by atomic mass is 16.5. The fourth-order valence-electron chi connectivity index (χ4n) is 2.30. The summed E-state index contributed by atoms with van der Waals surface area (Å²) in [6, 6.07) is 15.8. The van der Waals surface area contributed by atoms with Crippen LogP contribution in [0, 0.1) is 0 Å². The molecule has 3 aromatic rings. The first-order valence-electron chi connectivity index (χ1n) is 7.29. The SMILES string of the molecule is COc1ccc(Cc2nnnn2Cc2ccc(OC)cc2)cc1. The molecule has 0 aliphatic heterocycles. The standard InChI is InChI=1S/C17H18N4O2/c1-22-15-7-3-13(4-8-15)11-17-18-19-20-21(17)12-14-5-9-16(23-2)10-6-14/h3-10H,11-12H2,1-2H3. The van der Waals surface area contributed by atoms with Gasteiger partial charge in [-0.15, -0.1) is 5.10 Å². The maximum atomic E-state index is 5.17. The molecule has 0 bridgehead atoms. The van der Waals surface area contributed by atoms with E-state index in [1.54, 1.807) is 14.2 Å². The smallest absolute Gasteiger partial charge is 0.156 e. The minimum Gasteiger partial charge on any atom is -0.497 e. The van der Waals surface area contributed by atoms with Crippen molar-refractivity contribution in [3.05, 3.63) is 65.5 Å². The van der Waals surface area contributed by atoms with Gasteiger partial charge in [0.2, 0.25) is 0 Å². The number of nitrogens with zero attached hydrogens (tertiary/aromatic N) is 4. The maximum Gasteiger partial charge on any atom is 0.156 e. The summed E-state index contributed by atoms with van der Waals surface area (Å²) in [4.78, 5) is 0. The summed E-state index contributed by atoms with van der Waals surface area (Å²) in [6.07, 6.45) is 0.674. The van der Waals surface area contributed by atoms with Crippen LogP contribution in [0.5, 0.6) is 11.5 Å². The van der Waals surface area contributed by atoms with E-state index in [0.29, 0.717) is 13.0 Å². The van der Waals surface area contributed by atoms with E-state index in [1.165, 1.54) is 0 Å². The number of hydrogen-bond donors (Lipinski definition) is 0. The Morgan fingerprint density at radius 3 is 1.96 bits per heavy atom. The second kappa shape index (κ2) is 6.91. The molecule has 0 radical (unpaired) electrons. The molecule has 1 aromatic heterocycles. The quantitative estimate of drug-likeness (QED) is 0.699. The fourth-order valence-corrected chi connectivity index (χ4v) is 2.30. The van der Waals surface area contributed by atoms with Gasteiger partial charge in [-0.2, -0.15) is 0 Å². The van der Waals surface area contributed by atoms with Crippen LogP contribution >= 0.6 is 0 Å². The first kappa shape index (κ1) is 15.0. The summed E-state index contributed by atoms with van der Waals surface area (Å²) in [5, 5.41) is 12.0. The molecule has 0 spiro atoms. The van der Waals surface area contributed by atoms with Gasteiger partial charge < -0.3 is 9.47 Å². The van der Waals surface area contributed by atoms with Gasteiger partial charge in [0.15, 0.2) is 5.82 Å². The molecule has 2 aromatic carbocycles. The van der Waals surface area contributed by atoms with E-state index in [1.807, 2.05) is 53.2 Å². The minimum atomic E-state index is 0.627. The molecule has 0 aliphatic rings. The molecule has 0 unspecified atom stereocenters. The van der Waals surface area contributed by atoms with Crippen molar-refractivity contribution in [1.82, 2.24) is 20.2 Å². The highest BCUT2D eigenvalue weighted by Gasteiger charge is 2.08. The first-order valence-corrected chi connectivity index (χ1v) is 7.29. The number of benzene rings is 2. The summed E-state index contributed by atoms with van der Waals surface area (Å²) in [6.45, 7) is 0.627. The molecule has 0 saturated carbocycles. The van der Waals surface area contributed by atoms with Gasteiger partial charge >= 0.3 is 0 Å². The Hall–Kier alpha value is -2.89. The molecule has 0 amide bonds. The minimum absolute atomic E-state index is 0.627. The molecular weight excluding hydrogens is 292 g/mol. The molecule has 1 heterocycles. The molecule has 0 fully saturated rings. The van der Waals surface area contributed by atoms with Gasteiger partial charge in [0, 0.05) is 6.42 Å². The molecule has 3 rings (SSSR count). The lowest BCUT2D eigenvalue weighted by Crippen LogP contribution is -2.07. The van der Waals surface area contributed by atoms with Gasteiger partial charge in [0.25, 0.3) is 0 Å². The summed E-state index contributed by atoms with van der Waals surface area (Å²) in [7, 11) is 3.31. The Morgan fingerprint density at radius 2 is 1.39 bits per heavy atom. The van der Waals surface area contributed by atoms with Crippen molar-refractivity contribution in [2.45, 2.75) is 13.0 Å². The molecule has 6 nitrogen and oxygen atoms in total. The van der Waals surface area contributed by atoms with Crippen molar-refractivity contribution in [3.8, 4) is 11.5 Å². The van der Waals surface area contributed by atoms with Gasteiger partial charge in [-0.05, 0) is 45.8 Å². The third-order valence-corrected chi connectivity index (χ3v) is 3.62. The average molecular weight is 310 g/mol. The average Bonchev–Trinajstić information content (AvgIpc) is 3.03. The monoisotopic (exact) mass is 310 g/mol. The summed E-state index contributed by atoms with van der Waals surface area (Å²) in [5.74, 6) is 2.50. The van der Waals surface area contributed by atoms with Crippen molar-refractivity contribution >= 4 is 0 Å². The zero-order valence-electron chi connectivity index (χ0n) is 13.1. The lowest BCUT2D eigenvalue weighted by Gasteiger charge is -2.07. The number of rotatable bonds is 6. The van der Waals surface area contributed by atoms with Crippen LogP contribution in [0.4, 0.5) is 0 Å². The first-order chi connectivity index (χ1) is 11.3.